The van der Waals surface area contributed by atoms with E-state index in [0.717, 1.165) is 5.39 Å². The molecule has 10 heteroatoms. The van der Waals surface area contributed by atoms with E-state index in [-0.39, 0.29) is 23.5 Å². The van der Waals surface area contributed by atoms with Crippen molar-refractivity contribution in [3.63, 3.8) is 0 Å². The number of hydrogen-bond acceptors (Lipinski definition) is 9. The van der Waals surface area contributed by atoms with E-state index in [1.54, 1.807) is 38.3 Å². The summed E-state index contributed by atoms with van der Waals surface area (Å²) in [7, 11) is 3.02. The molecule has 0 atom stereocenters. The summed E-state index contributed by atoms with van der Waals surface area (Å²) >= 11 is 0. The molecule has 33 heavy (non-hydrogen) atoms. The Bertz CT molecular complexity index is 1370. The van der Waals surface area contributed by atoms with Crippen LogP contribution in [0.5, 0.6) is 17.2 Å². The molecular weight excluding hydrogens is 430 g/mol. The van der Waals surface area contributed by atoms with Gasteiger partial charge in [0, 0.05) is 0 Å². The first-order valence-electron chi connectivity index (χ1n) is 9.82. The van der Waals surface area contributed by atoms with Crippen molar-refractivity contribution in [3.8, 4) is 23.3 Å². The Kier molecular flexibility index (Phi) is 7.49. The Balaban J connectivity index is 0.000000186. The van der Waals surface area contributed by atoms with Gasteiger partial charge < -0.3 is 28.3 Å². The third-order valence-corrected chi connectivity index (χ3v) is 4.43. The number of nitriles is 1. The molecule has 10 nitrogen and oxygen atoms in total. The maximum atomic E-state index is 11.5. The van der Waals surface area contributed by atoms with Crippen molar-refractivity contribution in [2.75, 3.05) is 27.4 Å². The van der Waals surface area contributed by atoms with E-state index in [0.29, 0.717) is 34.8 Å². The van der Waals surface area contributed by atoms with E-state index in [9.17, 15) is 9.59 Å². The van der Waals surface area contributed by atoms with Gasteiger partial charge in [0.25, 0.3) is 5.56 Å². The highest BCUT2D eigenvalue weighted by molar-refractivity contribution is 6.04. The van der Waals surface area contributed by atoms with Gasteiger partial charge in [-0.25, -0.2) is 9.78 Å². The maximum absolute atomic E-state index is 11.5. The lowest BCUT2D eigenvalue weighted by Gasteiger charge is -2.11. The lowest BCUT2D eigenvalue weighted by atomic mass is 10.2. The number of benzene rings is 2. The Hall–Kier alpha value is -4.52. The van der Waals surface area contributed by atoms with Gasteiger partial charge in [-0.2, -0.15) is 5.26 Å². The fourth-order valence-corrected chi connectivity index (χ4v) is 2.99. The zero-order valence-corrected chi connectivity index (χ0v) is 18.2. The number of para-hydroxylation sites is 2. The number of nitrogens with zero attached hydrogens (tertiary/aromatic N) is 2. The molecule has 2 heterocycles. The van der Waals surface area contributed by atoms with Crippen LogP contribution in [-0.4, -0.2) is 43.4 Å². The number of methoxy groups -OCH3 is 2. The van der Waals surface area contributed by atoms with Crippen LogP contribution in [0.4, 0.5) is 0 Å². The topological polar surface area (TPSA) is 137 Å². The highest BCUT2D eigenvalue weighted by Gasteiger charge is 2.14. The summed E-state index contributed by atoms with van der Waals surface area (Å²) in [5.41, 5.74) is 1.35. The molecule has 0 aliphatic carbocycles. The number of furan rings is 1. The minimum Gasteiger partial charge on any atom is -0.493 e. The SMILES string of the molecule is CCOC(=O)COc1c(C#N)cccc1OC.COc1cccc2c1oc1c(=O)[nH]cnc12. The quantitative estimate of drug-likeness (QED) is 0.438. The number of ether oxygens (including phenoxy) is 4. The second kappa shape index (κ2) is 10.7. The molecule has 0 amide bonds. The predicted molar refractivity (Wildman–Crippen MR) is 119 cm³/mol. The fraction of sp³-hybridized carbons (Fsp3) is 0.217. The maximum Gasteiger partial charge on any atom is 0.344 e. The van der Waals surface area contributed by atoms with Crippen molar-refractivity contribution < 1.29 is 28.2 Å². The van der Waals surface area contributed by atoms with Crippen molar-refractivity contribution in [3.05, 3.63) is 58.6 Å². The molecular formula is C23H21N3O7. The fourth-order valence-electron chi connectivity index (χ4n) is 2.99. The molecule has 4 rings (SSSR count). The summed E-state index contributed by atoms with van der Waals surface area (Å²) in [5, 5.41) is 9.68. The molecule has 1 N–H and O–H groups in total. The minimum absolute atomic E-state index is 0.224. The number of esters is 1. The van der Waals surface area contributed by atoms with Crippen LogP contribution in [0, 0.1) is 11.3 Å². The molecule has 2 aromatic carbocycles. The van der Waals surface area contributed by atoms with Gasteiger partial charge in [-0.15, -0.1) is 0 Å². The Labute approximate surface area is 188 Å². The molecule has 170 valence electrons. The van der Waals surface area contributed by atoms with Gasteiger partial charge in [-0.05, 0) is 31.2 Å². The average Bonchev–Trinajstić information content (AvgIpc) is 3.23. The average molecular weight is 451 g/mol. The van der Waals surface area contributed by atoms with Crippen LogP contribution in [0.3, 0.4) is 0 Å². The Morgan fingerprint density at radius 3 is 2.55 bits per heavy atom. The van der Waals surface area contributed by atoms with Crippen LogP contribution in [0.25, 0.3) is 22.1 Å². The van der Waals surface area contributed by atoms with Gasteiger partial charge in [0.15, 0.2) is 29.4 Å². The van der Waals surface area contributed by atoms with Crippen LogP contribution in [0.15, 0.2) is 51.9 Å². The summed E-state index contributed by atoms with van der Waals surface area (Å²) in [6.45, 7) is 1.75. The number of H-pyrrole nitrogens is 1. The molecule has 0 radical (unpaired) electrons. The van der Waals surface area contributed by atoms with Crippen LogP contribution >= 0.6 is 0 Å². The molecule has 0 saturated heterocycles. The standard InChI is InChI=1S/C12H13NO4.C11H8N2O3/c1-3-16-11(14)8-17-12-9(7-13)5-4-6-10(12)15-2;1-15-7-4-2-3-6-8-10(16-9(6)7)11(14)13-5-12-8/h4-6H,3,8H2,1-2H3;2-5H,1H3,(H,12,13,14). The number of rotatable bonds is 6. The molecule has 0 aliphatic rings. The summed E-state index contributed by atoms with van der Waals surface area (Å²) < 4.78 is 25.7. The second-order valence-corrected chi connectivity index (χ2v) is 6.39. The predicted octanol–water partition coefficient (Wildman–Crippen LogP) is 3.19. The lowest BCUT2D eigenvalue weighted by molar-refractivity contribution is -0.145. The van der Waals surface area contributed by atoms with E-state index < -0.39 is 5.97 Å². The summed E-state index contributed by atoms with van der Waals surface area (Å²) in [5.74, 6) is 0.774. The van der Waals surface area contributed by atoms with Crippen molar-refractivity contribution in [2.24, 2.45) is 0 Å². The molecule has 0 spiro atoms. The van der Waals surface area contributed by atoms with Gasteiger partial charge in [-0.1, -0.05) is 12.1 Å². The Morgan fingerprint density at radius 1 is 1.12 bits per heavy atom. The van der Waals surface area contributed by atoms with E-state index in [4.69, 9.17) is 28.6 Å². The molecule has 4 aromatic rings. The zero-order valence-electron chi connectivity index (χ0n) is 18.2. The van der Waals surface area contributed by atoms with Crippen molar-refractivity contribution >= 4 is 28.0 Å². The number of carbonyl (C=O) groups is 1. The zero-order chi connectivity index (χ0) is 23.8. The minimum atomic E-state index is -0.484. The molecule has 2 aromatic heterocycles. The van der Waals surface area contributed by atoms with Gasteiger partial charge >= 0.3 is 5.97 Å². The van der Waals surface area contributed by atoms with Crippen LogP contribution in [0.2, 0.25) is 0 Å². The number of aromatic amines is 1. The van der Waals surface area contributed by atoms with Crippen molar-refractivity contribution in [2.45, 2.75) is 6.92 Å². The molecule has 0 bridgehead atoms. The largest absolute Gasteiger partial charge is 0.493 e. The van der Waals surface area contributed by atoms with Crippen molar-refractivity contribution in [1.82, 2.24) is 9.97 Å². The normalized spacial score (nSPS) is 10.1. The highest BCUT2D eigenvalue weighted by atomic mass is 16.6. The number of carbonyl (C=O) groups excluding carboxylic acids is 1. The molecule has 0 unspecified atom stereocenters. The van der Waals surface area contributed by atoms with Crippen molar-refractivity contribution in [1.29, 1.82) is 5.26 Å². The number of fused-ring (bicyclic) bond motifs is 3. The van der Waals surface area contributed by atoms with Crippen LogP contribution < -0.4 is 19.8 Å². The monoisotopic (exact) mass is 451 g/mol. The first-order chi connectivity index (χ1) is 16.0. The number of hydrogen-bond donors (Lipinski definition) is 1. The Morgan fingerprint density at radius 2 is 1.85 bits per heavy atom. The van der Waals surface area contributed by atoms with E-state index in [1.807, 2.05) is 18.2 Å². The van der Waals surface area contributed by atoms with Crippen LogP contribution in [0.1, 0.15) is 12.5 Å². The molecule has 0 aliphatic heterocycles. The third-order valence-electron chi connectivity index (χ3n) is 4.43. The van der Waals surface area contributed by atoms with Gasteiger partial charge in [0.2, 0.25) is 5.58 Å². The smallest absolute Gasteiger partial charge is 0.344 e. The van der Waals surface area contributed by atoms with Gasteiger partial charge in [-0.3, -0.25) is 4.79 Å². The lowest BCUT2D eigenvalue weighted by Crippen LogP contribution is -2.15. The highest BCUT2D eigenvalue weighted by Crippen LogP contribution is 2.32. The van der Waals surface area contributed by atoms with Crippen LogP contribution in [-0.2, 0) is 9.53 Å². The van der Waals surface area contributed by atoms with Gasteiger partial charge in [0.1, 0.15) is 11.6 Å². The first kappa shape index (κ1) is 23.1. The van der Waals surface area contributed by atoms with E-state index in [2.05, 4.69) is 9.97 Å². The number of nitrogens with one attached hydrogen (secondary N) is 1. The van der Waals surface area contributed by atoms with E-state index in [1.165, 1.54) is 13.4 Å². The van der Waals surface area contributed by atoms with Gasteiger partial charge in [0.05, 0.1) is 38.1 Å². The third kappa shape index (κ3) is 5.04. The first-order valence-corrected chi connectivity index (χ1v) is 9.82. The summed E-state index contributed by atoms with van der Waals surface area (Å²) in [4.78, 5) is 29.2. The number of aromatic nitrogens is 2. The molecule has 0 saturated carbocycles. The van der Waals surface area contributed by atoms with E-state index >= 15 is 0 Å². The second-order valence-electron chi connectivity index (χ2n) is 6.39. The summed E-state index contributed by atoms with van der Waals surface area (Å²) in [6.07, 6.45) is 1.36. The summed E-state index contributed by atoms with van der Waals surface area (Å²) in [6, 6.07) is 12.3. The molecule has 0 fully saturated rings.